The Kier molecular flexibility index (Phi) is 8.21. The summed E-state index contributed by atoms with van der Waals surface area (Å²) in [7, 11) is 1.42. The van der Waals surface area contributed by atoms with Gasteiger partial charge in [0.2, 0.25) is 5.91 Å². The molecule has 0 aliphatic carbocycles. The van der Waals surface area contributed by atoms with Gasteiger partial charge in [-0.1, -0.05) is 23.7 Å². The van der Waals surface area contributed by atoms with Crippen LogP contribution >= 0.6 is 11.6 Å². The van der Waals surface area contributed by atoms with Crippen LogP contribution in [0.15, 0.2) is 60.7 Å². The van der Waals surface area contributed by atoms with E-state index in [0.717, 1.165) is 6.07 Å². The topological polar surface area (TPSA) is 76.7 Å². The van der Waals surface area contributed by atoms with Crippen LogP contribution < -0.4 is 20.1 Å². The molecule has 0 unspecified atom stereocenters. The van der Waals surface area contributed by atoms with Crippen molar-refractivity contribution in [1.82, 2.24) is 0 Å². The van der Waals surface area contributed by atoms with Gasteiger partial charge in [0.25, 0.3) is 5.91 Å². The van der Waals surface area contributed by atoms with Gasteiger partial charge in [-0.25, -0.2) is 8.78 Å². The Bertz CT molecular complexity index is 1160. The standard InChI is InChI=1S/C24H21ClF2N2O4/c1-32-22-11-9-16(14-20(22)29-24(31)17-10-8-15(25)13-19(17)27)28-23(30)7-4-12-33-21-6-3-2-5-18(21)26/h2-3,5-6,8-11,13-14H,4,7,12H2,1H3,(H,28,30)(H,29,31). The Morgan fingerprint density at radius 1 is 0.939 bits per heavy atom. The maximum Gasteiger partial charge on any atom is 0.258 e. The van der Waals surface area contributed by atoms with E-state index in [1.807, 2.05) is 0 Å². The fraction of sp³-hybridized carbons (Fsp3) is 0.167. The Morgan fingerprint density at radius 2 is 1.73 bits per heavy atom. The molecular weight excluding hydrogens is 454 g/mol. The van der Waals surface area contributed by atoms with E-state index in [4.69, 9.17) is 21.1 Å². The van der Waals surface area contributed by atoms with Crippen LogP contribution in [0.1, 0.15) is 23.2 Å². The van der Waals surface area contributed by atoms with Gasteiger partial charge in [-0.3, -0.25) is 9.59 Å². The first-order valence-electron chi connectivity index (χ1n) is 9.99. The van der Waals surface area contributed by atoms with Gasteiger partial charge < -0.3 is 20.1 Å². The van der Waals surface area contributed by atoms with Crippen molar-refractivity contribution in [2.45, 2.75) is 12.8 Å². The van der Waals surface area contributed by atoms with Crippen LogP contribution in [0.4, 0.5) is 20.2 Å². The molecule has 0 radical (unpaired) electrons. The number of hydrogen-bond donors (Lipinski definition) is 2. The molecule has 0 aromatic heterocycles. The highest BCUT2D eigenvalue weighted by atomic mass is 35.5. The number of hydrogen-bond acceptors (Lipinski definition) is 4. The molecule has 3 rings (SSSR count). The van der Waals surface area contributed by atoms with E-state index < -0.39 is 17.5 Å². The largest absolute Gasteiger partial charge is 0.495 e. The SMILES string of the molecule is COc1ccc(NC(=O)CCCOc2ccccc2F)cc1NC(=O)c1ccc(Cl)cc1F. The first kappa shape index (κ1) is 24.0. The highest BCUT2D eigenvalue weighted by molar-refractivity contribution is 6.30. The number of carbonyl (C=O) groups excluding carboxylic acids is 2. The average Bonchev–Trinajstić information content (AvgIpc) is 2.78. The number of nitrogens with one attached hydrogen (secondary N) is 2. The normalized spacial score (nSPS) is 10.4. The number of ether oxygens (including phenoxy) is 2. The molecule has 0 bridgehead atoms. The fourth-order valence-corrected chi connectivity index (χ4v) is 3.11. The lowest BCUT2D eigenvalue weighted by Crippen LogP contribution is -2.16. The smallest absolute Gasteiger partial charge is 0.258 e. The van der Waals surface area contributed by atoms with Gasteiger partial charge in [0.05, 0.1) is 25.0 Å². The molecule has 0 saturated heterocycles. The van der Waals surface area contributed by atoms with Crippen molar-refractivity contribution in [1.29, 1.82) is 0 Å². The third-order valence-electron chi connectivity index (χ3n) is 4.55. The molecule has 0 fully saturated rings. The number of rotatable bonds is 9. The average molecular weight is 475 g/mol. The predicted octanol–water partition coefficient (Wildman–Crippen LogP) is 5.68. The van der Waals surface area contributed by atoms with E-state index in [1.165, 1.54) is 37.4 Å². The zero-order valence-corrected chi connectivity index (χ0v) is 18.4. The molecule has 3 aromatic carbocycles. The van der Waals surface area contributed by atoms with Crippen molar-refractivity contribution in [3.63, 3.8) is 0 Å². The second-order valence-corrected chi connectivity index (χ2v) is 7.36. The molecule has 2 amide bonds. The Labute approximate surface area is 194 Å². The molecule has 0 aliphatic rings. The van der Waals surface area contributed by atoms with Crippen molar-refractivity contribution in [2.24, 2.45) is 0 Å². The van der Waals surface area contributed by atoms with E-state index >= 15 is 0 Å². The summed E-state index contributed by atoms with van der Waals surface area (Å²) < 4.78 is 38.1. The Balaban J connectivity index is 1.58. The van der Waals surface area contributed by atoms with Gasteiger partial charge in [0, 0.05) is 17.1 Å². The van der Waals surface area contributed by atoms with E-state index in [0.29, 0.717) is 17.9 Å². The van der Waals surface area contributed by atoms with Crippen LogP contribution in [-0.2, 0) is 4.79 Å². The van der Waals surface area contributed by atoms with Crippen molar-refractivity contribution in [3.05, 3.63) is 82.9 Å². The lowest BCUT2D eigenvalue weighted by Gasteiger charge is -2.13. The van der Waals surface area contributed by atoms with Crippen molar-refractivity contribution < 1.29 is 27.8 Å². The maximum absolute atomic E-state index is 14.1. The number of para-hydroxylation sites is 1. The summed E-state index contributed by atoms with van der Waals surface area (Å²) in [6.07, 6.45) is 0.508. The minimum atomic E-state index is -0.763. The van der Waals surface area contributed by atoms with Crippen LogP contribution in [0.3, 0.4) is 0 Å². The highest BCUT2D eigenvalue weighted by Gasteiger charge is 2.15. The zero-order valence-electron chi connectivity index (χ0n) is 17.7. The number of anilines is 2. The zero-order chi connectivity index (χ0) is 23.8. The summed E-state index contributed by atoms with van der Waals surface area (Å²) >= 11 is 5.73. The molecule has 0 saturated carbocycles. The van der Waals surface area contributed by atoms with E-state index in [9.17, 15) is 18.4 Å². The van der Waals surface area contributed by atoms with Crippen molar-refractivity contribution in [2.75, 3.05) is 24.4 Å². The minimum Gasteiger partial charge on any atom is -0.495 e. The number of benzene rings is 3. The van der Waals surface area contributed by atoms with Crippen molar-refractivity contribution in [3.8, 4) is 11.5 Å². The number of carbonyl (C=O) groups is 2. The van der Waals surface area contributed by atoms with Gasteiger partial charge in [-0.15, -0.1) is 0 Å². The van der Waals surface area contributed by atoms with Gasteiger partial charge >= 0.3 is 0 Å². The first-order valence-corrected chi connectivity index (χ1v) is 10.4. The van der Waals surface area contributed by atoms with Crippen LogP contribution in [-0.4, -0.2) is 25.5 Å². The molecule has 9 heteroatoms. The quantitative estimate of drug-likeness (QED) is 0.391. The number of amides is 2. The predicted molar refractivity (Wildman–Crippen MR) is 122 cm³/mol. The minimum absolute atomic E-state index is 0.130. The second-order valence-electron chi connectivity index (χ2n) is 6.92. The molecule has 0 atom stereocenters. The summed E-state index contributed by atoms with van der Waals surface area (Å²) in [6, 6.07) is 14.4. The summed E-state index contributed by atoms with van der Waals surface area (Å²) in [5, 5.41) is 5.45. The third-order valence-corrected chi connectivity index (χ3v) is 4.78. The fourth-order valence-electron chi connectivity index (χ4n) is 2.95. The molecule has 0 aliphatic heterocycles. The van der Waals surface area contributed by atoms with Crippen LogP contribution in [0, 0.1) is 11.6 Å². The highest BCUT2D eigenvalue weighted by Crippen LogP contribution is 2.29. The van der Waals surface area contributed by atoms with Crippen LogP contribution in [0.25, 0.3) is 0 Å². The molecular formula is C24H21ClF2N2O4. The molecule has 0 spiro atoms. The number of halogens is 3. The molecule has 172 valence electrons. The van der Waals surface area contributed by atoms with E-state index in [1.54, 1.807) is 24.3 Å². The van der Waals surface area contributed by atoms with Gasteiger partial charge in [-0.05, 0) is 55.0 Å². The molecule has 33 heavy (non-hydrogen) atoms. The summed E-state index contributed by atoms with van der Waals surface area (Å²) in [5.41, 5.74) is 0.464. The monoisotopic (exact) mass is 474 g/mol. The number of methoxy groups -OCH3 is 1. The summed E-state index contributed by atoms with van der Waals surface area (Å²) in [4.78, 5) is 24.7. The Morgan fingerprint density at radius 3 is 2.45 bits per heavy atom. The first-order chi connectivity index (χ1) is 15.9. The summed E-state index contributed by atoms with van der Waals surface area (Å²) in [6.45, 7) is 0.172. The summed E-state index contributed by atoms with van der Waals surface area (Å²) in [5.74, 6) is -1.76. The molecule has 3 aromatic rings. The van der Waals surface area contributed by atoms with Crippen LogP contribution in [0.2, 0.25) is 5.02 Å². The second kappa shape index (κ2) is 11.3. The lowest BCUT2D eigenvalue weighted by atomic mass is 10.2. The molecule has 0 heterocycles. The molecule has 2 N–H and O–H groups in total. The van der Waals surface area contributed by atoms with Gasteiger partial charge in [0.1, 0.15) is 11.6 Å². The lowest BCUT2D eigenvalue weighted by molar-refractivity contribution is -0.116. The van der Waals surface area contributed by atoms with E-state index in [2.05, 4.69) is 10.6 Å². The van der Waals surface area contributed by atoms with E-state index in [-0.39, 0.29) is 41.0 Å². The third kappa shape index (κ3) is 6.66. The van der Waals surface area contributed by atoms with Crippen molar-refractivity contribution >= 4 is 34.8 Å². The molecule has 6 nitrogen and oxygen atoms in total. The van der Waals surface area contributed by atoms with Crippen LogP contribution in [0.5, 0.6) is 11.5 Å². The van der Waals surface area contributed by atoms with Gasteiger partial charge in [0.15, 0.2) is 11.6 Å². The van der Waals surface area contributed by atoms with Gasteiger partial charge in [-0.2, -0.15) is 0 Å². The maximum atomic E-state index is 14.1. The Hall–Kier alpha value is -3.65.